The van der Waals surface area contributed by atoms with Crippen molar-refractivity contribution >= 4 is 32.6 Å². The molecule has 0 bridgehead atoms. The van der Waals surface area contributed by atoms with E-state index in [2.05, 4.69) is 22.0 Å². The molecule has 1 fully saturated rings. The number of anilines is 1. The van der Waals surface area contributed by atoms with E-state index in [0.29, 0.717) is 13.1 Å². The molecule has 5 nitrogen and oxygen atoms in total. The first-order valence-corrected chi connectivity index (χ1v) is 11.2. The van der Waals surface area contributed by atoms with Gasteiger partial charge in [0.2, 0.25) is 5.91 Å². The SMILES string of the molecule is COc1ccc2c(c1)CCN(C(=O)C1CCCN(c3nc4ccc(F)cc4s3)C1)C2. The average molecular weight is 426 g/mol. The number of hydrogen-bond donors (Lipinski definition) is 0. The molecule has 2 aliphatic rings. The van der Waals surface area contributed by atoms with Gasteiger partial charge >= 0.3 is 0 Å². The first-order chi connectivity index (χ1) is 14.6. The zero-order valence-corrected chi connectivity index (χ0v) is 17.8. The van der Waals surface area contributed by atoms with Gasteiger partial charge in [0.1, 0.15) is 11.6 Å². The lowest BCUT2D eigenvalue weighted by Crippen LogP contribution is -2.46. The van der Waals surface area contributed by atoms with E-state index in [4.69, 9.17) is 4.74 Å². The van der Waals surface area contributed by atoms with Crippen LogP contribution in [0.3, 0.4) is 0 Å². The quantitative estimate of drug-likeness (QED) is 0.630. The molecule has 0 radical (unpaired) electrons. The maximum Gasteiger partial charge on any atom is 0.227 e. The Hall–Kier alpha value is -2.67. The van der Waals surface area contributed by atoms with Gasteiger partial charge in [-0.05, 0) is 60.7 Å². The third-order valence-electron chi connectivity index (χ3n) is 6.12. The molecule has 0 saturated carbocycles. The number of rotatable bonds is 3. The maximum atomic E-state index is 13.5. The number of amides is 1. The van der Waals surface area contributed by atoms with Gasteiger partial charge in [-0.1, -0.05) is 17.4 Å². The van der Waals surface area contributed by atoms with Crippen molar-refractivity contribution in [2.75, 3.05) is 31.6 Å². The lowest BCUT2D eigenvalue weighted by Gasteiger charge is -2.36. The van der Waals surface area contributed by atoms with E-state index < -0.39 is 0 Å². The topological polar surface area (TPSA) is 45.7 Å². The van der Waals surface area contributed by atoms with Crippen molar-refractivity contribution in [3.63, 3.8) is 0 Å². The van der Waals surface area contributed by atoms with Crippen LogP contribution in [0.5, 0.6) is 5.75 Å². The van der Waals surface area contributed by atoms with Gasteiger partial charge in [0.25, 0.3) is 0 Å². The first-order valence-electron chi connectivity index (χ1n) is 10.4. The second-order valence-corrected chi connectivity index (χ2v) is 9.05. The largest absolute Gasteiger partial charge is 0.497 e. The molecule has 0 aliphatic carbocycles. The number of carbonyl (C=O) groups is 1. The fourth-order valence-electron chi connectivity index (χ4n) is 4.48. The number of carbonyl (C=O) groups excluding carboxylic acids is 1. The molecule has 1 amide bonds. The van der Waals surface area contributed by atoms with Gasteiger partial charge in [0, 0.05) is 26.2 Å². The predicted octanol–water partition coefficient (Wildman–Crippen LogP) is 4.25. The summed E-state index contributed by atoms with van der Waals surface area (Å²) >= 11 is 1.50. The Bertz CT molecular complexity index is 1100. The Morgan fingerprint density at radius 2 is 2.10 bits per heavy atom. The Morgan fingerprint density at radius 3 is 2.97 bits per heavy atom. The van der Waals surface area contributed by atoms with Crippen molar-refractivity contribution < 1.29 is 13.9 Å². The van der Waals surface area contributed by atoms with Crippen LogP contribution < -0.4 is 9.64 Å². The van der Waals surface area contributed by atoms with Gasteiger partial charge in [-0.15, -0.1) is 0 Å². The monoisotopic (exact) mass is 425 g/mol. The molecule has 2 aliphatic heterocycles. The number of piperidine rings is 1. The Balaban J connectivity index is 1.30. The molecule has 7 heteroatoms. The van der Waals surface area contributed by atoms with Crippen LogP contribution in [0, 0.1) is 11.7 Å². The highest BCUT2D eigenvalue weighted by molar-refractivity contribution is 7.22. The standard InChI is InChI=1S/C23H24FN3O2S/c1-29-19-6-4-16-13-26(10-8-15(16)11-19)22(28)17-3-2-9-27(14-17)23-25-20-7-5-18(24)12-21(20)30-23/h4-7,11-12,17H,2-3,8-10,13-14H2,1H3. The average Bonchev–Trinajstić information content (AvgIpc) is 3.21. The number of nitrogens with zero attached hydrogens (tertiary/aromatic N) is 3. The maximum absolute atomic E-state index is 13.5. The van der Waals surface area contributed by atoms with Crippen molar-refractivity contribution in [1.82, 2.24) is 9.88 Å². The smallest absolute Gasteiger partial charge is 0.227 e. The van der Waals surface area contributed by atoms with Crippen molar-refractivity contribution in [3.05, 3.63) is 53.3 Å². The van der Waals surface area contributed by atoms with Crippen LogP contribution in [0.2, 0.25) is 0 Å². The van der Waals surface area contributed by atoms with Crippen LogP contribution in [0.4, 0.5) is 9.52 Å². The van der Waals surface area contributed by atoms with Crippen LogP contribution in [-0.4, -0.2) is 42.5 Å². The molecule has 3 aromatic rings. The molecule has 30 heavy (non-hydrogen) atoms. The van der Waals surface area contributed by atoms with Crippen molar-refractivity contribution in [2.24, 2.45) is 5.92 Å². The number of benzene rings is 2. The number of halogens is 1. The molecule has 5 rings (SSSR count). The summed E-state index contributed by atoms with van der Waals surface area (Å²) in [6.07, 6.45) is 2.72. The Morgan fingerprint density at radius 1 is 1.20 bits per heavy atom. The minimum Gasteiger partial charge on any atom is -0.497 e. The van der Waals surface area contributed by atoms with Gasteiger partial charge in [-0.2, -0.15) is 0 Å². The number of fused-ring (bicyclic) bond motifs is 2. The highest BCUT2D eigenvalue weighted by Gasteiger charge is 2.32. The zero-order chi connectivity index (χ0) is 20.7. The summed E-state index contributed by atoms with van der Waals surface area (Å²) < 4.78 is 19.7. The number of ether oxygens (including phenoxy) is 1. The normalized spacial score (nSPS) is 19.1. The summed E-state index contributed by atoms with van der Waals surface area (Å²) in [5.74, 6) is 0.829. The fourth-order valence-corrected chi connectivity index (χ4v) is 5.50. The highest BCUT2D eigenvalue weighted by Crippen LogP contribution is 2.33. The van der Waals surface area contributed by atoms with E-state index >= 15 is 0 Å². The minimum absolute atomic E-state index is 0.0257. The van der Waals surface area contributed by atoms with Gasteiger partial charge in [0.05, 0.1) is 23.2 Å². The van der Waals surface area contributed by atoms with E-state index in [1.54, 1.807) is 13.2 Å². The fraction of sp³-hybridized carbons (Fsp3) is 0.391. The summed E-state index contributed by atoms with van der Waals surface area (Å²) in [5, 5.41) is 0.879. The van der Waals surface area contributed by atoms with E-state index in [-0.39, 0.29) is 17.6 Å². The first kappa shape index (κ1) is 19.3. The minimum atomic E-state index is -0.243. The van der Waals surface area contributed by atoms with Crippen LogP contribution >= 0.6 is 11.3 Å². The van der Waals surface area contributed by atoms with Gasteiger partial charge in [0.15, 0.2) is 5.13 Å². The van der Waals surface area contributed by atoms with E-state index in [9.17, 15) is 9.18 Å². The highest BCUT2D eigenvalue weighted by atomic mass is 32.1. The van der Waals surface area contributed by atoms with E-state index in [0.717, 1.165) is 53.4 Å². The molecular weight excluding hydrogens is 401 g/mol. The second kappa shape index (κ2) is 7.87. The summed E-state index contributed by atoms with van der Waals surface area (Å²) in [6, 6.07) is 10.8. The van der Waals surface area contributed by atoms with E-state index in [1.165, 1.54) is 34.6 Å². The van der Waals surface area contributed by atoms with Crippen LogP contribution in [0.25, 0.3) is 10.2 Å². The van der Waals surface area contributed by atoms with Crippen LogP contribution in [0.15, 0.2) is 36.4 Å². The summed E-state index contributed by atoms with van der Waals surface area (Å²) in [4.78, 5) is 22.1. The Kier molecular flexibility index (Phi) is 5.06. The molecular formula is C23H24FN3O2S. The van der Waals surface area contributed by atoms with Crippen LogP contribution in [0.1, 0.15) is 24.0 Å². The summed E-state index contributed by atoms with van der Waals surface area (Å²) in [6.45, 7) is 2.97. The Labute approximate surface area is 179 Å². The second-order valence-electron chi connectivity index (χ2n) is 8.04. The third kappa shape index (κ3) is 3.62. The van der Waals surface area contributed by atoms with Gasteiger partial charge in [-0.3, -0.25) is 4.79 Å². The summed E-state index contributed by atoms with van der Waals surface area (Å²) in [7, 11) is 1.68. The molecule has 156 valence electrons. The third-order valence-corrected chi connectivity index (χ3v) is 7.20. The molecule has 1 unspecified atom stereocenters. The van der Waals surface area contributed by atoms with E-state index in [1.807, 2.05) is 11.0 Å². The number of thiazole rings is 1. The van der Waals surface area contributed by atoms with Gasteiger partial charge in [-0.25, -0.2) is 9.37 Å². The molecule has 1 atom stereocenters. The lowest BCUT2D eigenvalue weighted by atomic mass is 9.94. The molecule has 1 saturated heterocycles. The van der Waals surface area contributed by atoms with Crippen molar-refractivity contribution in [2.45, 2.75) is 25.8 Å². The molecule has 2 aromatic carbocycles. The van der Waals surface area contributed by atoms with Gasteiger partial charge < -0.3 is 14.5 Å². The van der Waals surface area contributed by atoms with Crippen molar-refractivity contribution in [1.29, 1.82) is 0 Å². The zero-order valence-electron chi connectivity index (χ0n) is 16.9. The lowest BCUT2D eigenvalue weighted by molar-refractivity contribution is -0.136. The number of hydrogen-bond acceptors (Lipinski definition) is 5. The molecule has 3 heterocycles. The molecule has 1 aromatic heterocycles. The predicted molar refractivity (Wildman–Crippen MR) is 117 cm³/mol. The molecule has 0 N–H and O–H groups in total. The molecule has 0 spiro atoms. The van der Waals surface area contributed by atoms with Crippen LogP contribution in [-0.2, 0) is 17.8 Å². The summed E-state index contributed by atoms with van der Waals surface area (Å²) in [5.41, 5.74) is 3.29. The van der Waals surface area contributed by atoms with Crippen molar-refractivity contribution in [3.8, 4) is 5.75 Å². The number of aromatic nitrogens is 1. The number of methoxy groups -OCH3 is 1.